The van der Waals surface area contributed by atoms with Gasteiger partial charge in [-0.15, -0.1) is 0 Å². The molecule has 0 aliphatic heterocycles. The zero-order chi connectivity index (χ0) is 14.0. The van der Waals surface area contributed by atoms with Gasteiger partial charge in [0, 0.05) is 10.7 Å². The van der Waals surface area contributed by atoms with Crippen molar-refractivity contribution in [3.05, 3.63) is 56.9 Å². The van der Waals surface area contributed by atoms with Crippen molar-refractivity contribution in [2.24, 2.45) is 0 Å². The maximum atomic E-state index is 13.7. The molecule has 0 saturated heterocycles. The van der Waals surface area contributed by atoms with Crippen LogP contribution in [0, 0.1) is 12.7 Å². The lowest BCUT2D eigenvalue weighted by molar-refractivity contribution is 0.102. The first-order valence-electron chi connectivity index (χ1n) is 5.36. The monoisotopic (exact) mass is 342 g/mol. The second-order valence-corrected chi connectivity index (χ2v) is 5.14. The zero-order valence-corrected chi connectivity index (χ0v) is 12.2. The first-order valence-corrected chi connectivity index (χ1v) is 6.53. The summed E-state index contributed by atoms with van der Waals surface area (Å²) in [4.78, 5) is 15.9. The molecule has 0 aliphatic carbocycles. The number of pyridine rings is 1. The fourth-order valence-electron chi connectivity index (χ4n) is 1.47. The number of benzene rings is 1. The Balaban J connectivity index is 2.26. The van der Waals surface area contributed by atoms with Crippen LogP contribution < -0.4 is 5.32 Å². The van der Waals surface area contributed by atoms with Crippen LogP contribution in [0.25, 0.3) is 0 Å². The fourth-order valence-corrected chi connectivity index (χ4v) is 1.86. The summed E-state index contributed by atoms with van der Waals surface area (Å²) in [5, 5.41) is 2.43. The quantitative estimate of drug-likeness (QED) is 0.888. The smallest absolute Gasteiger partial charge is 0.259 e. The largest absolute Gasteiger partial charge is 0.306 e. The molecule has 2 aromatic rings. The van der Waals surface area contributed by atoms with Gasteiger partial charge in [0.15, 0.2) is 5.82 Å². The van der Waals surface area contributed by atoms with Gasteiger partial charge >= 0.3 is 0 Å². The van der Waals surface area contributed by atoms with Crippen LogP contribution in [0.5, 0.6) is 0 Å². The van der Waals surface area contributed by atoms with Crippen molar-refractivity contribution in [2.75, 3.05) is 5.32 Å². The van der Waals surface area contributed by atoms with E-state index in [2.05, 4.69) is 26.2 Å². The van der Waals surface area contributed by atoms with Crippen LogP contribution in [-0.2, 0) is 0 Å². The summed E-state index contributed by atoms with van der Waals surface area (Å²) < 4.78 is 14.5. The maximum absolute atomic E-state index is 13.7. The molecule has 1 aromatic carbocycles. The number of halogens is 3. The number of rotatable bonds is 2. The van der Waals surface area contributed by atoms with Crippen LogP contribution in [0.3, 0.4) is 0 Å². The predicted molar refractivity (Wildman–Crippen MR) is 76.0 cm³/mol. The van der Waals surface area contributed by atoms with Crippen molar-refractivity contribution in [2.45, 2.75) is 6.92 Å². The van der Waals surface area contributed by atoms with Gasteiger partial charge in [-0.25, -0.2) is 9.37 Å². The number of anilines is 1. The SMILES string of the molecule is Cc1cc(NC(=O)c2cccc(Cl)c2F)ncc1Br. The van der Waals surface area contributed by atoms with Crippen LogP contribution in [0.1, 0.15) is 15.9 Å². The normalized spacial score (nSPS) is 10.3. The van der Waals surface area contributed by atoms with Crippen molar-refractivity contribution < 1.29 is 9.18 Å². The summed E-state index contributed by atoms with van der Waals surface area (Å²) in [7, 11) is 0. The van der Waals surface area contributed by atoms with Gasteiger partial charge in [-0.2, -0.15) is 0 Å². The van der Waals surface area contributed by atoms with Gasteiger partial charge in [0.2, 0.25) is 0 Å². The minimum Gasteiger partial charge on any atom is -0.306 e. The number of hydrogen-bond acceptors (Lipinski definition) is 2. The van der Waals surface area contributed by atoms with E-state index in [1.54, 1.807) is 12.3 Å². The molecule has 1 N–H and O–H groups in total. The molecule has 0 aliphatic rings. The lowest BCUT2D eigenvalue weighted by atomic mass is 10.2. The molecule has 2 rings (SSSR count). The number of hydrogen-bond donors (Lipinski definition) is 1. The Morgan fingerprint density at radius 3 is 2.89 bits per heavy atom. The third-order valence-corrected chi connectivity index (χ3v) is 3.61. The number of nitrogens with zero attached hydrogens (tertiary/aromatic N) is 1. The van der Waals surface area contributed by atoms with E-state index in [0.717, 1.165) is 10.0 Å². The third kappa shape index (κ3) is 3.11. The third-order valence-electron chi connectivity index (χ3n) is 2.48. The number of amides is 1. The molecule has 0 spiro atoms. The first-order chi connectivity index (χ1) is 8.99. The highest BCUT2D eigenvalue weighted by molar-refractivity contribution is 9.10. The zero-order valence-electron chi connectivity index (χ0n) is 9.88. The van der Waals surface area contributed by atoms with E-state index in [-0.39, 0.29) is 10.6 Å². The standard InChI is InChI=1S/C13H9BrClFN2O/c1-7-5-11(17-6-9(7)14)18-13(19)8-3-2-4-10(15)12(8)16/h2-6H,1H3,(H,17,18,19). The summed E-state index contributed by atoms with van der Waals surface area (Å²) in [6.45, 7) is 1.86. The molecule has 3 nitrogen and oxygen atoms in total. The Labute approximate surface area is 122 Å². The molecule has 1 amide bonds. The fraction of sp³-hybridized carbons (Fsp3) is 0.0769. The molecular weight excluding hydrogens is 335 g/mol. The Hall–Kier alpha value is -1.46. The molecule has 0 saturated carbocycles. The average Bonchev–Trinajstić information content (AvgIpc) is 2.37. The van der Waals surface area contributed by atoms with Crippen molar-refractivity contribution >= 4 is 39.3 Å². The molecular formula is C13H9BrClFN2O. The number of aromatic nitrogens is 1. The van der Waals surface area contributed by atoms with E-state index in [4.69, 9.17) is 11.6 Å². The first kappa shape index (κ1) is 14.0. The lowest BCUT2D eigenvalue weighted by Gasteiger charge is -2.07. The summed E-state index contributed by atoms with van der Waals surface area (Å²) in [5.74, 6) is -0.977. The van der Waals surface area contributed by atoms with E-state index in [1.807, 2.05) is 6.92 Å². The maximum Gasteiger partial charge on any atom is 0.259 e. The van der Waals surface area contributed by atoms with E-state index in [0.29, 0.717) is 5.82 Å². The topological polar surface area (TPSA) is 42.0 Å². The second-order valence-electron chi connectivity index (χ2n) is 3.87. The Kier molecular flexibility index (Phi) is 4.17. The Morgan fingerprint density at radius 1 is 1.47 bits per heavy atom. The van der Waals surface area contributed by atoms with Crippen LogP contribution in [0.4, 0.5) is 10.2 Å². The predicted octanol–water partition coefficient (Wildman–Crippen LogP) is 4.20. The van der Waals surface area contributed by atoms with Crippen LogP contribution >= 0.6 is 27.5 Å². The molecule has 1 heterocycles. The summed E-state index contributed by atoms with van der Waals surface area (Å²) in [6, 6.07) is 5.95. The summed E-state index contributed by atoms with van der Waals surface area (Å²) in [5.41, 5.74) is 0.798. The molecule has 98 valence electrons. The molecule has 19 heavy (non-hydrogen) atoms. The van der Waals surface area contributed by atoms with Crippen molar-refractivity contribution in [1.82, 2.24) is 4.98 Å². The minimum absolute atomic E-state index is 0.0902. The highest BCUT2D eigenvalue weighted by Gasteiger charge is 2.14. The Bertz CT molecular complexity index is 649. The number of carbonyl (C=O) groups excluding carboxylic acids is 1. The van der Waals surface area contributed by atoms with Gasteiger partial charge < -0.3 is 5.32 Å². The average molecular weight is 344 g/mol. The van der Waals surface area contributed by atoms with Crippen LogP contribution in [-0.4, -0.2) is 10.9 Å². The molecule has 0 atom stereocenters. The highest BCUT2D eigenvalue weighted by Crippen LogP contribution is 2.20. The molecule has 0 unspecified atom stereocenters. The molecule has 0 bridgehead atoms. The van der Waals surface area contributed by atoms with Crippen molar-refractivity contribution in [3.8, 4) is 0 Å². The van der Waals surface area contributed by atoms with E-state index in [1.165, 1.54) is 18.2 Å². The molecule has 0 fully saturated rings. The van der Waals surface area contributed by atoms with Crippen molar-refractivity contribution in [1.29, 1.82) is 0 Å². The minimum atomic E-state index is -0.740. The summed E-state index contributed by atoms with van der Waals surface area (Å²) in [6.07, 6.45) is 1.57. The lowest BCUT2D eigenvalue weighted by Crippen LogP contribution is -2.15. The molecule has 0 radical (unpaired) electrons. The Morgan fingerprint density at radius 2 is 2.21 bits per heavy atom. The van der Waals surface area contributed by atoms with Crippen LogP contribution in [0.15, 0.2) is 34.9 Å². The number of nitrogens with one attached hydrogen (secondary N) is 1. The summed E-state index contributed by atoms with van der Waals surface area (Å²) >= 11 is 8.94. The van der Waals surface area contributed by atoms with Gasteiger partial charge in [-0.1, -0.05) is 17.7 Å². The van der Waals surface area contributed by atoms with Gasteiger partial charge in [-0.05, 0) is 46.6 Å². The van der Waals surface area contributed by atoms with E-state index >= 15 is 0 Å². The van der Waals surface area contributed by atoms with E-state index < -0.39 is 11.7 Å². The van der Waals surface area contributed by atoms with Gasteiger partial charge in [0.25, 0.3) is 5.91 Å². The number of aryl methyl sites for hydroxylation is 1. The highest BCUT2D eigenvalue weighted by atomic mass is 79.9. The molecule has 1 aromatic heterocycles. The second kappa shape index (κ2) is 5.67. The number of carbonyl (C=O) groups is 1. The van der Waals surface area contributed by atoms with Gasteiger partial charge in [-0.3, -0.25) is 4.79 Å². The molecule has 6 heteroatoms. The van der Waals surface area contributed by atoms with Gasteiger partial charge in [0.1, 0.15) is 5.82 Å². The van der Waals surface area contributed by atoms with E-state index in [9.17, 15) is 9.18 Å². The van der Waals surface area contributed by atoms with Crippen LogP contribution in [0.2, 0.25) is 5.02 Å². The van der Waals surface area contributed by atoms with Crippen molar-refractivity contribution in [3.63, 3.8) is 0 Å². The van der Waals surface area contributed by atoms with Gasteiger partial charge in [0.05, 0.1) is 10.6 Å².